The minimum atomic E-state index is 0.604. The molecule has 0 amide bonds. The maximum Gasteiger partial charge on any atom is 0.0230 e. The summed E-state index contributed by atoms with van der Waals surface area (Å²) in [7, 11) is 2.17. The maximum atomic E-state index is 2.35. The Morgan fingerprint density at radius 1 is 0.870 bits per heavy atom. The van der Waals surface area contributed by atoms with Gasteiger partial charge in [0.05, 0.1) is 0 Å². The number of hydrogen-bond acceptors (Lipinski definition) is 1. The van der Waals surface area contributed by atoms with Crippen molar-refractivity contribution in [2.75, 3.05) is 13.6 Å². The van der Waals surface area contributed by atoms with Crippen LogP contribution in [-0.4, -0.2) is 18.5 Å². The summed E-state index contributed by atoms with van der Waals surface area (Å²) in [4.78, 5) is 2.34. The van der Waals surface area contributed by atoms with E-state index in [9.17, 15) is 0 Å². The van der Waals surface area contributed by atoms with Crippen LogP contribution in [0.15, 0.2) is 54.6 Å². The number of rotatable bonds is 8. The Balaban J connectivity index is 2.03. The van der Waals surface area contributed by atoms with E-state index in [1.165, 1.54) is 29.5 Å². The zero-order valence-corrected chi connectivity index (χ0v) is 15.1. The predicted octanol–water partition coefficient (Wildman–Crippen LogP) is 5.83. The fourth-order valence-corrected chi connectivity index (χ4v) is 3.20. The SMILES string of the molecule is CCC(C[C@@H](C)c1ccccc1)c1ccc(CN(C)CC)cc1. The van der Waals surface area contributed by atoms with Gasteiger partial charge in [-0.05, 0) is 55.0 Å². The van der Waals surface area contributed by atoms with Gasteiger partial charge in [-0.3, -0.25) is 0 Å². The molecule has 1 nitrogen and oxygen atoms in total. The van der Waals surface area contributed by atoms with Gasteiger partial charge in [0.25, 0.3) is 0 Å². The van der Waals surface area contributed by atoms with Crippen molar-refractivity contribution in [3.63, 3.8) is 0 Å². The molecule has 124 valence electrons. The van der Waals surface area contributed by atoms with Crippen molar-refractivity contribution in [1.82, 2.24) is 4.90 Å². The van der Waals surface area contributed by atoms with Crippen molar-refractivity contribution in [1.29, 1.82) is 0 Å². The highest BCUT2D eigenvalue weighted by Crippen LogP contribution is 2.32. The Kier molecular flexibility index (Phi) is 6.85. The van der Waals surface area contributed by atoms with Gasteiger partial charge in [-0.1, -0.05) is 75.4 Å². The van der Waals surface area contributed by atoms with E-state index in [1.54, 1.807) is 0 Å². The summed E-state index contributed by atoms with van der Waals surface area (Å²) in [5.41, 5.74) is 4.34. The van der Waals surface area contributed by atoms with E-state index in [1.807, 2.05) is 0 Å². The molecule has 1 heteroatoms. The van der Waals surface area contributed by atoms with Crippen LogP contribution in [0.4, 0.5) is 0 Å². The third-order valence-electron chi connectivity index (χ3n) is 4.94. The fraction of sp³-hybridized carbons (Fsp3) is 0.455. The van der Waals surface area contributed by atoms with Gasteiger partial charge in [-0.15, -0.1) is 0 Å². The van der Waals surface area contributed by atoms with Crippen molar-refractivity contribution < 1.29 is 0 Å². The molecular weight excluding hydrogens is 278 g/mol. The molecule has 2 atom stereocenters. The lowest BCUT2D eigenvalue weighted by molar-refractivity contribution is 0.345. The Morgan fingerprint density at radius 2 is 1.52 bits per heavy atom. The molecule has 2 aromatic rings. The molecule has 0 saturated heterocycles. The van der Waals surface area contributed by atoms with Crippen molar-refractivity contribution in [3.05, 3.63) is 71.3 Å². The summed E-state index contributed by atoms with van der Waals surface area (Å²) in [5.74, 6) is 1.25. The van der Waals surface area contributed by atoms with Crippen LogP contribution in [0.5, 0.6) is 0 Å². The van der Waals surface area contributed by atoms with Crippen LogP contribution in [0.25, 0.3) is 0 Å². The molecule has 0 radical (unpaired) electrons. The first kappa shape index (κ1) is 17.7. The van der Waals surface area contributed by atoms with Gasteiger partial charge in [0.15, 0.2) is 0 Å². The highest BCUT2D eigenvalue weighted by atomic mass is 15.1. The molecular formula is C22H31N. The Hall–Kier alpha value is -1.60. The first-order chi connectivity index (χ1) is 11.1. The second kappa shape index (κ2) is 8.88. The van der Waals surface area contributed by atoms with Crippen LogP contribution in [0.2, 0.25) is 0 Å². The summed E-state index contributed by atoms with van der Waals surface area (Å²) in [6, 6.07) is 20.2. The summed E-state index contributed by atoms with van der Waals surface area (Å²) in [6.07, 6.45) is 2.42. The van der Waals surface area contributed by atoms with E-state index < -0.39 is 0 Å². The van der Waals surface area contributed by atoms with Gasteiger partial charge < -0.3 is 4.90 Å². The summed E-state index contributed by atoms with van der Waals surface area (Å²) < 4.78 is 0. The minimum Gasteiger partial charge on any atom is -0.302 e. The molecule has 0 heterocycles. The topological polar surface area (TPSA) is 3.24 Å². The van der Waals surface area contributed by atoms with Crippen LogP contribution in [0, 0.1) is 0 Å². The van der Waals surface area contributed by atoms with Gasteiger partial charge in [0, 0.05) is 6.54 Å². The third kappa shape index (κ3) is 5.21. The molecule has 0 bridgehead atoms. The van der Waals surface area contributed by atoms with Crippen LogP contribution in [0.1, 0.15) is 62.1 Å². The van der Waals surface area contributed by atoms with Crippen LogP contribution in [-0.2, 0) is 6.54 Å². The lowest BCUT2D eigenvalue weighted by atomic mass is 9.84. The maximum absolute atomic E-state index is 2.35. The van der Waals surface area contributed by atoms with Gasteiger partial charge in [0.1, 0.15) is 0 Å². The van der Waals surface area contributed by atoms with E-state index in [-0.39, 0.29) is 0 Å². The molecule has 0 aliphatic heterocycles. The van der Waals surface area contributed by atoms with Crippen molar-refractivity contribution in [2.24, 2.45) is 0 Å². The van der Waals surface area contributed by atoms with Crippen LogP contribution in [0.3, 0.4) is 0 Å². The smallest absolute Gasteiger partial charge is 0.0230 e. The summed E-state index contributed by atoms with van der Waals surface area (Å²) in [6.45, 7) is 8.98. The fourth-order valence-electron chi connectivity index (χ4n) is 3.20. The Morgan fingerprint density at radius 3 is 2.09 bits per heavy atom. The average molecular weight is 309 g/mol. The molecule has 0 fully saturated rings. The number of benzene rings is 2. The minimum absolute atomic E-state index is 0.604. The Labute approximate surface area is 142 Å². The van der Waals surface area contributed by atoms with E-state index >= 15 is 0 Å². The quantitative estimate of drug-likeness (QED) is 0.593. The number of nitrogens with zero attached hydrogens (tertiary/aromatic N) is 1. The highest BCUT2D eigenvalue weighted by molar-refractivity contribution is 5.27. The third-order valence-corrected chi connectivity index (χ3v) is 4.94. The second-order valence-electron chi connectivity index (χ2n) is 6.72. The van der Waals surface area contributed by atoms with E-state index in [2.05, 4.69) is 87.3 Å². The van der Waals surface area contributed by atoms with E-state index in [0.717, 1.165) is 13.1 Å². The average Bonchev–Trinajstić information content (AvgIpc) is 2.61. The molecule has 0 aromatic heterocycles. The van der Waals surface area contributed by atoms with Gasteiger partial charge in [-0.25, -0.2) is 0 Å². The standard InChI is InChI=1S/C22H31N/c1-5-20(16-18(3)21-10-8-7-9-11-21)22-14-12-19(13-15-22)17-23(4)6-2/h7-15,18,20H,5-6,16-17H2,1-4H3/t18-,20?/m1/s1. The predicted molar refractivity (Wildman–Crippen MR) is 101 cm³/mol. The normalized spacial score (nSPS) is 14.0. The molecule has 1 unspecified atom stereocenters. The van der Waals surface area contributed by atoms with E-state index in [0.29, 0.717) is 11.8 Å². The van der Waals surface area contributed by atoms with Gasteiger partial charge >= 0.3 is 0 Å². The monoisotopic (exact) mass is 309 g/mol. The molecule has 2 rings (SSSR count). The van der Waals surface area contributed by atoms with Crippen molar-refractivity contribution >= 4 is 0 Å². The molecule has 23 heavy (non-hydrogen) atoms. The van der Waals surface area contributed by atoms with Crippen molar-refractivity contribution in [3.8, 4) is 0 Å². The highest BCUT2D eigenvalue weighted by Gasteiger charge is 2.15. The van der Waals surface area contributed by atoms with Gasteiger partial charge in [0.2, 0.25) is 0 Å². The molecule has 0 aliphatic rings. The summed E-state index contributed by atoms with van der Waals surface area (Å²) in [5, 5.41) is 0. The first-order valence-corrected chi connectivity index (χ1v) is 8.96. The zero-order valence-electron chi connectivity index (χ0n) is 15.1. The lowest BCUT2D eigenvalue weighted by Crippen LogP contribution is -2.16. The van der Waals surface area contributed by atoms with Crippen LogP contribution >= 0.6 is 0 Å². The van der Waals surface area contributed by atoms with E-state index in [4.69, 9.17) is 0 Å². The number of hydrogen-bond donors (Lipinski definition) is 0. The Bertz CT molecular complexity index is 558. The zero-order chi connectivity index (χ0) is 16.7. The first-order valence-electron chi connectivity index (χ1n) is 8.96. The van der Waals surface area contributed by atoms with Crippen molar-refractivity contribution in [2.45, 2.75) is 52.0 Å². The van der Waals surface area contributed by atoms with Crippen LogP contribution < -0.4 is 0 Å². The molecule has 0 spiro atoms. The summed E-state index contributed by atoms with van der Waals surface area (Å²) >= 11 is 0. The van der Waals surface area contributed by atoms with Gasteiger partial charge in [-0.2, -0.15) is 0 Å². The molecule has 0 N–H and O–H groups in total. The molecule has 2 aromatic carbocycles. The molecule has 0 aliphatic carbocycles. The largest absolute Gasteiger partial charge is 0.302 e. The molecule has 0 saturated carbocycles. The second-order valence-corrected chi connectivity index (χ2v) is 6.72. The lowest BCUT2D eigenvalue weighted by Gasteiger charge is -2.21.